The zero-order valence-electron chi connectivity index (χ0n) is 12.6. The molecule has 0 aliphatic carbocycles. The number of hydrogen-bond donors (Lipinski definition) is 1. The molecule has 0 saturated heterocycles. The van der Waals surface area contributed by atoms with Gasteiger partial charge in [0.05, 0.1) is 0 Å². The van der Waals surface area contributed by atoms with Gasteiger partial charge in [-0.25, -0.2) is 0 Å². The smallest absolute Gasteiger partial charge is 0.0345 e. The van der Waals surface area contributed by atoms with Gasteiger partial charge in [-0.05, 0) is 54.8 Å². The Labute approximate surface area is 130 Å². The summed E-state index contributed by atoms with van der Waals surface area (Å²) in [4.78, 5) is 0. The van der Waals surface area contributed by atoms with Gasteiger partial charge < -0.3 is 5.32 Å². The lowest BCUT2D eigenvalue weighted by atomic mass is 9.98. The van der Waals surface area contributed by atoms with Gasteiger partial charge in [0.25, 0.3) is 0 Å². The monoisotopic (exact) mass is 295 g/mol. The van der Waals surface area contributed by atoms with Gasteiger partial charge in [-0.1, -0.05) is 48.0 Å². The van der Waals surface area contributed by atoms with Crippen molar-refractivity contribution in [3.63, 3.8) is 0 Å². The molecule has 108 valence electrons. The van der Waals surface area contributed by atoms with E-state index >= 15 is 0 Å². The van der Waals surface area contributed by atoms with Crippen LogP contribution in [0, 0.1) is 6.92 Å². The molecule has 2 aromatic carbocycles. The summed E-state index contributed by atoms with van der Waals surface area (Å²) >= 11 is 1.85. The Hall–Kier alpha value is -1.64. The highest BCUT2D eigenvalue weighted by Gasteiger charge is 2.11. The van der Waals surface area contributed by atoms with Crippen LogP contribution in [-0.4, -0.2) is 13.1 Å². The summed E-state index contributed by atoms with van der Waals surface area (Å²) in [6, 6.07) is 18.0. The molecule has 21 heavy (non-hydrogen) atoms. The average molecular weight is 295 g/mol. The highest BCUT2D eigenvalue weighted by molar-refractivity contribution is 7.17. The fourth-order valence-corrected chi connectivity index (χ4v) is 3.72. The molecule has 1 unspecified atom stereocenters. The fraction of sp³-hybridized carbons (Fsp3) is 0.263. The number of thiophene rings is 1. The molecule has 1 nitrogen and oxygen atoms in total. The molecule has 0 aliphatic rings. The van der Waals surface area contributed by atoms with Crippen molar-refractivity contribution >= 4 is 21.4 Å². The summed E-state index contributed by atoms with van der Waals surface area (Å²) in [7, 11) is 2.06. The largest absolute Gasteiger partial charge is 0.316 e. The topological polar surface area (TPSA) is 12.0 Å². The number of rotatable bonds is 5. The van der Waals surface area contributed by atoms with Crippen molar-refractivity contribution < 1.29 is 0 Å². The highest BCUT2D eigenvalue weighted by atomic mass is 32.1. The van der Waals surface area contributed by atoms with Gasteiger partial charge in [-0.15, -0.1) is 11.3 Å². The van der Waals surface area contributed by atoms with Crippen molar-refractivity contribution in [1.29, 1.82) is 0 Å². The lowest BCUT2D eigenvalue weighted by Gasteiger charge is -2.16. The minimum Gasteiger partial charge on any atom is -0.316 e. The number of benzene rings is 2. The van der Waals surface area contributed by atoms with Gasteiger partial charge in [0, 0.05) is 10.7 Å². The van der Waals surface area contributed by atoms with E-state index in [0.717, 1.165) is 12.8 Å². The quantitative estimate of drug-likeness (QED) is 0.726. The Balaban J connectivity index is 1.76. The molecule has 1 aromatic heterocycles. The molecule has 0 radical (unpaired) electrons. The van der Waals surface area contributed by atoms with E-state index in [-0.39, 0.29) is 0 Å². The van der Waals surface area contributed by atoms with Gasteiger partial charge in [-0.3, -0.25) is 0 Å². The molecule has 0 aliphatic heterocycles. The van der Waals surface area contributed by atoms with Crippen molar-refractivity contribution in [3.05, 3.63) is 70.6 Å². The lowest BCUT2D eigenvalue weighted by Crippen LogP contribution is -2.29. The Morgan fingerprint density at radius 2 is 1.76 bits per heavy atom. The molecule has 1 heterocycles. The summed E-state index contributed by atoms with van der Waals surface area (Å²) in [5.74, 6) is 0. The van der Waals surface area contributed by atoms with E-state index < -0.39 is 0 Å². The van der Waals surface area contributed by atoms with Gasteiger partial charge in [0.2, 0.25) is 0 Å². The normalized spacial score (nSPS) is 12.7. The Morgan fingerprint density at radius 3 is 2.52 bits per heavy atom. The van der Waals surface area contributed by atoms with E-state index in [1.165, 1.54) is 26.8 Å². The number of likely N-dealkylation sites (N-methyl/N-ethyl adjacent to an activating group) is 1. The van der Waals surface area contributed by atoms with Gasteiger partial charge in [0.1, 0.15) is 0 Å². The summed E-state index contributed by atoms with van der Waals surface area (Å²) in [5, 5.41) is 7.19. The molecule has 0 saturated carbocycles. The summed E-state index contributed by atoms with van der Waals surface area (Å²) in [6.45, 7) is 2.14. The second kappa shape index (κ2) is 6.42. The molecule has 3 aromatic rings. The van der Waals surface area contributed by atoms with E-state index in [1.54, 1.807) is 0 Å². The van der Waals surface area contributed by atoms with Crippen LogP contribution in [0.25, 0.3) is 10.1 Å². The van der Waals surface area contributed by atoms with Crippen molar-refractivity contribution in [1.82, 2.24) is 5.32 Å². The van der Waals surface area contributed by atoms with Crippen molar-refractivity contribution in [3.8, 4) is 0 Å². The lowest BCUT2D eigenvalue weighted by molar-refractivity contribution is 0.558. The number of nitrogens with one attached hydrogen (secondary N) is 1. The van der Waals surface area contributed by atoms with Crippen LogP contribution < -0.4 is 5.32 Å². The first-order valence-electron chi connectivity index (χ1n) is 7.44. The standard InChI is InChI=1S/C19H21NS/c1-14-7-9-15(10-8-14)11-17(20-2)12-16-13-21-19-6-4-3-5-18(16)19/h3-10,13,17,20H,11-12H2,1-2H3. The zero-order chi connectivity index (χ0) is 14.7. The minimum atomic E-state index is 0.478. The Morgan fingerprint density at radius 1 is 1.00 bits per heavy atom. The second-order valence-corrected chi connectivity index (χ2v) is 6.55. The number of hydrogen-bond acceptors (Lipinski definition) is 2. The van der Waals surface area contributed by atoms with E-state index in [0.29, 0.717) is 6.04 Å². The number of fused-ring (bicyclic) bond motifs is 1. The number of aryl methyl sites for hydroxylation is 1. The van der Waals surface area contributed by atoms with E-state index in [4.69, 9.17) is 0 Å². The predicted molar refractivity (Wildman–Crippen MR) is 93.3 cm³/mol. The molecule has 1 N–H and O–H groups in total. The summed E-state index contributed by atoms with van der Waals surface area (Å²) in [6.07, 6.45) is 2.15. The first-order valence-corrected chi connectivity index (χ1v) is 8.32. The molecule has 2 heteroatoms. The molecular weight excluding hydrogens is 274 g/mol. The average Bonchev–Trinajstić information content (AvgIpc) is 2.92. The van der Waals surface area contributed by atoms with Crippen LogP contribution in [0.2, 0.25) is 0 Å². The Kier molecular flexibility index (Phi) is 4.37. The van der Waals surface area contributed by atoms with Crippen molar-refractivity contribution in [2.24, 2.45) is 0 Å². The molecule has 3 rings (SSSR count). The van der Waals surface area contributed by atoms with Crippen LogP contribution in [0.3, 0.4) is 0 Å². The van der Waals surface area contributed by atoms with Crippen LogP contribution in [0.15, 0.2) is 53.9 Å². The van der Waals surface area contributed by atoms with Crippen molar-refractivity contribution in [2.75, 3.05) is 7.05 Å². The molecule has 0 spiro atoms. The molecule has 0 fully saturated rings. The maximum absolute atomic E-state index is 3.47. The van der Waals surface area contributed by atoms with Gasteiger partial charge >= 0.3 is 0 Å². The summed E-state index contributed by atoms with van der Waals surface area (Å²) < 4.78 is 1.39. The predicted octanol–water partition coefficient (Wildman–Crippen LogP) is 4.58. The van der Waals surface area contributed by atoms with E-state index in [9.17, 15) is 0 Å². The third-order valence-electron chi connectivity index (χ3n) is 4.04. The van der Waals surface area contributed by atoms with Crippen LogP contribution in [0.5, 0.6) is 0 Å². The van der Waals surface area contributed by atoms with E-state index in [1.807, 2.05) is 11.3 Å². The maximum atomic E-state index is 3.47. The zero-order valence-corrected chi connectivity index (χ0v) is 13.4. The summed E-state index contributed by atoms with van der Waals surface area (Å²) in [5.41, 5.74) is 4.19. The maximum Gasteiger partial charge on any atom is 0.0345 e. The van der Waals surface area contributed by atoms with Crippen LogP contribution in [0.1, 0.15) is 16.7 Å². The fourth-order valence-electron chi connectivity index (χ4n) is 2.74. The molecule has 0 amide bonds. The highest BCUT2D eigenvalue weighted by Crippen LogP contribution is 2.27. The van der Waals surface area contributed by atoms with Gasteiger partial charge in [-0.2, -0.15) is 0 Å². The third kappa shape index (κ3) is 3.34. The molecule has 1 atom stereocenters. The molecular formula is C19H21NS. The van der Waals surface area contributed by atoms with Gasteiger partial charge in [0.15, 0.2) is 0 Å². The van der Waals surface area contributed by atoms with E-state index in [2.05, 4.69) is 73.2 Å². The van der Waals surface area contributed by atoms with Crippen LogP contribution >= 0.6 is 11.3 Å². The third-order valence-corrected chi connectivity index (χ3v) is 5.05. The van der Waals surface area contributed by atoms with Crippen LogP contribution in [0.4, 0.5) is 0 Å². The first-order chi connectivity index (χ1) is 10.3. The Bertz CT molecular complexity index is 712. The van der Waals surface area contributed by atoms with Crippen LogP contribution in [-0.2, 0) is 12.8 Å². The minimum absolute atomic E-state index is 0.478. The first kappa shape index (κ1) is 14.3. The second-order valence-electron chi connectivity index (χ2n) is 5.64. The van der Waals surface area contributed by atoms with Crippen molar-refractivity contribution in [2.45, 2.75) is 25.8 Å². The SMILES string of the molecule is CNC(Cc1ccc(C)cc1)Cc1csc2ccccc12. The molecule has 0 bridgehead atoms.